The van der Waals surface area contributed by atoms with Crippen molar-refractivity contribution in [2.75, 3.05) is 31.7 Å². The van der Waals surface area contributed by atoms with Gasteiger partial charge in [0.2, 0.25) is 5.88 Å². The lowest BCUT2D eigenvalue weighted by Crippen LogP contribution is -2.22. The second-order valence-electron chi connectivity index (χ2n) is 6.03. The van der Waals surface area contributed by atoms with Crippen molar-refractivity contribution < 1.29 is 14.2 Å². The second kappa shape index (κ2) is 8.85. The molecule has 0 amide bonds. The minimum absolute atomic E-state index is 0.00667. The lowest BCUT2D eigenvalue weighted by Gasteiger charge is -2.22. The standard InChI is InChI=1S/C17H25BrN2O3/c18-15-16-13(6-5-8-19-16)12-20-17(15)23-11-4-3-10-22-14-7-1-2-9-21-14/h12,14,19H,1-11H2. The number of unbranched alkanes of at least 4 members (excludes halogenated alkanes) is 1. The smallest absolute Gasteiger partial charge is 0.230 e. The highest BCUT2D eigenvalue weighted by Crippen LogP contribution is 2.35. The Morgan fingerprint density at radius 2 is 2.17 bits per heavy atom. The Kier molecular flexibility index (Phi) is 6.54. The third-order valence-electron chi connectivity index (χ3n) is 4.21. The fourth-order valence-corrected chi connectivity index (χ4v) is 3.52. The van der Waals surface area contributed by atoms with Crippen molar-refractivity contribution in [3.05, 3.63) is 16.2 Å². The Balaban J connectivity index is 1.36. The maximum atomic E-state index is 5.81. The summed E-state index contributed by atoms with van der Waals surface area (Å²) in [6.07, 6.45) is 9.48. The molecule has 1 aromatic rings. The van der Waals surface area contributed by atoms with Crippen LogP contribution in [0, 0.1) is 0 Å². The van der Waals surface area contributed by atoms with E-state index >= 15 is 0 Å². The molecular formula is C17H25BrN2O3. The highest BCUT2D eigenvalue weighted by Gasteiger charge is 2.17. The average Bonchev–Trinajstić information content (AvgIpc) is 2.61. The van der Waals surface area contributed by atoms with Gasteiger partial charge >= 0.3 is 0 Å². The van der Waals surface area contributed by atoms with Crippen LogP contribution < -0.4 is 10.1 Å². The summed E-state index contributed by atoms with van der Waals surface area (Å²) in [6, 6.07) is 0. The molecule has 1 unspecified atom stereocenters. The molecule has 0 aliphatic carbocycles. The van der Waals surface area contributed by atoms with Crippen LogP contribution in [0.3, 0.4) is 0 Å². The van der Waals surface area contributed by atoms with Gasteiger partial charge in [0, 0.05) is 26.0 Å². The number of aromatic nitrogens is 1. The summed E-state index contributed by atoms with van der Waals surface area (Å²) in [5, 5.41) is 3.42. The van der Waals surface area contributed by atoms with Crippen LogP contribution in [-0.4, -0.2) is 37.6 Å². The van der Waals surface area contributed by atoms with Crippen LogP contribution in [0.1, 0.15) is 44.1 Å². The van der Waals surface area contributed by atoms with E-state index in [1.54, 1.807) is 0 Å². The minimum Gasteiger partial charge on any atom is -0.477 e. The van der Waals surface area contributed by atoms with Gasteiger partial charge in [0.05, 0.1) is 12.3 Å². The number of aryl methyl sites for hydroxylation is 1. The van der Waals surface area contributed by atoms with Gasteiger partial charge in [-0.3, -0.25) is 0 Å². The predicted octanol–water partition coefficient (Wildman–Crippen LogP) is 3.90. The van der Waals surface area contributed by atoms with Crippen LogP contribution in [0.2, 0.25) is 0 Å². The van der Waals surface area contributed by atoms with E-state index in [9.17, 15) is 0 Å². The van der Waals surface area contributed by atoms with E-state index in [1.807, 2.05) is 6.20 Å². The van der Waals surface area contributed by atoms with Gasteiger partial charge in [0.15, 0.2) is 6.29 Å². The number of nitrogens with one attached hydrogen (secondary N) is 1. The summed E-state index contributed by atoms with van der Waals surface area (Å²) < 4.78 is 18.0. The molecule has 6 heteroatoms. The van der Waals surface area contributed by atoms with Crippen molar-refractivity contribution in [3.8, 4) is 5.88 Å². The molecule has 1 saturated heterocycles. The molecule has 1 atom stereocenters. The zero-order valence-corrected chi connectivity index (χ0v) is 15.1. The Bertz CT molecular complexity index is 507. The van der Waals surface area contributed by atoms with E-state index < -0.39 is 0 Å². The van der Waals surface area contributed by atoms with Crippen molar-refractivity contribution in [2.45, 2.75) is 51.2 Å². The Hall–Kier alpha value is -0.850. The molecule has 1 N–H and O–H groups in total. The van der Waals surface area contributed by atoms with Crippen molar-refractivity contribution in [3.63, 3.8) is 0 Å². The molecule has 1 aromatic heterocycles. The molecule has 128 valence electrons. The first kappa shape index (κ1) is 17.0. The Morgan fingerprint density at radius 3 is 3.04 bits per heavy atom. The molecule has 2 aliphatic heterocycles. The zero-order valence-electron chi connectivity index (χ0n) is 13.5. The highest BCUT2D eigenvalue weighted by molar-refractivity contribution is 9.10. The monoisotopic (exact) mass is 384 g/mol. The Labute approximate surface area is 146 Å². The summed E-state index contributed by atoms with van der Waals surface area (Å²) in [5.74, 6) is 0.676. The van der Waals surface area contributed by atoms with Gasteiger partial charge in [-0.15, -0.1) is 0 Å². The quantitative estimate of drug-likeness (QED) is 0.722. The van der Waals surface area contributed by atoms with Gasteiger partial charge in [-0.25, -0.2) is 4.98 Å². The molecular weight excluding hydrogens is 360 g/mol. The van der Waals surface area contributed by atoms with Crippen molar-refractivity contribution in [2.24, 2.45) is 0 Å². The molecule has 5 nitrogen and oxygen atoms in total. The number of hydrogen-bond acceptors (Lipinski definition) is 5. The van der Waals surface area contributed by atoms with Crippen LogP contribution in [0.4, 0.5) is 5.69 Å². The fourth-order valence-electron chi connectivity index (χ4n) is 2.91. The maximum Gasteiger partial charge on any atom is 0.230 e. The van der Waals surface area contributed by atoms with Gasteiger partial charge in [0.1, 0.15) is 4.47 Å². The first-order chi connectivity index (χ1) is 11.3. The molecule has 3 heterocycles. The zero-order chi connectivity index (χ0) is 15.9. The van der Waals surface area contributed by atoms with Crippen LogP contribution in [0.15, 0.2) is 10.7 Å². The first-order valence-electron chi connectivity index (χ1n) is 8.62. The summed E-state index contributed by atoms with van der Waals surface area (Å²) in [7, 11) is 0. The van der Waals surface area contributed by atoms with E-state index in [4.69, 9.17) is 14.2 Å². The average molecular weight is 385 g/mol. The first-order valence-corrected chi connectivity index (χ1v) is 9.41. The molecule has 3 rings (SSSR count). The molecule has 0 saturated carbocycles. The fraction of sp³-hybridized carbons (Fsp3) is 0.706. The predicted molar refractivity (Wildman–Crippen MR) is 93.0 cm³/mol. The number of halogens is 1. The number of fused-ring (bicyclic) bond motifs is 1. The lowest BCUT2D eigenvalue weighted by molar-refractivity contribution is -0.162. The van der Waals surface area contributed by atoms with Gasteiger partial charge in [0.25, 0.3) is 0 Å². The van der Waals surface area contributed by atoms with Gasteiger partial charge in [-0.05, 0) is 66.4 Å². The molecule has 0 radical (unpaired) electrons. The van der Waals surface area contributed by atoms with Crippen molar-refractivity contribution in [1.82, 2.24) is 4.98 Å². The molecule has 2 aliphatic rings. The molecule has 1 fully saturated rings. The van der Waals surface area contributed by atoms with Crippen molar-refractivity contribution >= 4 is 21.6 Å². The van der Waals surface area contributed by atoms with E-state index in [-0.39, 0.29) is 6.29 Å². The van der Waals surface area contributed by atoms with Crippen LogP contribution in [0.5, 0.6) is 5.88 Å². The van der Waals surface area contributed by atoms with E-state index in [2.05, 4.69) is 26.2 Å². The number of hydrogen-bond donors (Lipinski definition) is 1. The maximum absolute atomic E-state index is 5.81. The number of pyridine rings is 1. The number of anilines is 1. The Morgan fingerprint density at radius 1 is 1.26 bits per heavy atom. The SMILES string of the molecule is Brc1c(OCCCCOC2CCCCO2)ncc2c1NCCC2. The lowest BCUT2D eigenvalue weighted by atomic mass is 10.1. The third kappa shape index (κ3) is 4.81. The van der Waals surface area contributed by atoms with Gasteiger partial charge in [-0.1, -0.05) is 0 Å². The number of rotatable bonds is 7. The molecule has 0 spiro atoms. The topological polar surface area (TPSA) is 52.6 Å². The van der Waals surface area contributed by atoms with Crippen molar-refractivity contribution in [1.29, 1.82) is 0 Å². The van der Waals surface area contributed by atoms with Crippen LogP contribution >= 0.6 is 15.9 Å². The summed E-state index contributed by atoms with van der Waals surface area (Å²) in [4.78, 5) is 4.42. The molecule has 0 bridgehead atoms. The van der Waals surface area contributed by atoms with E-state index in [1.165, 1.54) is 12.0 Å². The van der Waals surface area contributed by atoms with E-state index in [0.29, 0.717) is 12.5 Å². The van der Waals surface area contributed by atoms with Gasteiger partial charge < -0.3 is 19.5 Å². The summed E-state index contributed by atoms with van der Waals surface area (Å²) in [6.45, 7) is 3.23. The third-order valence-corrected chi connectivity index (χ3v) is 4.95. The molecule has 23 heavy (non-hydrogen) atoms. The van der Waals surface area contributed by atoms with E-state index in [0.717, 1.165) is 68.4 Å². The minimum atomic E-state index is 0.00667. The number of ether oxygens (including phenoxy) is 3. The number of nitrogens with zero attached hydrogens (tertiary/aromatic N) is 1. The highest BCUT2D eigenvalue weighted by atomic mass is 79.9. The second-order valence-corrected chi connectivity index (χ2v) is 6.82. The van der Waals surface area contributed by atoms with Crippen LogP contribution in [-0.2, 0) is 15.9 Å². The van der Waals surface area contributed by atoms with Gasteiger partial charge in [-0.2, -0.15) is 0 Å². The summed E-state index contributed by atoms with van der Waals surface area (Å²) >= 11 is 3.61. The largest absolute Gasteiger partial charge is 0.477 e. The normalized spacial score (nSPS) is 20.7. The van der Waals surface area contributed by atoms with Crippen LogP contribution in [0.25, 0.3) is 0 Å². The molecule has 0 aromatic carbocycles. The summed E-state index contributed by atoms with van der Waals surface area (Å²) in [5.41, 5.74) is 2.40.